The highest BCUT2D eigenvalue weighted by Crippen LogP contribution is 2.46. The lowest BCUT2D eigenvalue weighted by Crippen LogP contribution is -2.31. The van der Waals surface area contributed by atoms with Crippen LogP contribution < -0.4 is 18.6 Å². The van der Waals surface area contributed by atoms with Crippen molar-refractivity contribution in [2.24, 2.45) is 0 Å². The Balaban J connectivity index is 2.67. The Morgan fingerprint density at radius 3 is 1.79 bits per heavy atom. The Kier molecular flexibility index (Phi) is 9.45. The van der Waals surface area contributed by atoms with Crippen LogP contribution >= 0.6 is 0 Å². The maximum Gasteiger partial charge on any atom is 0.242 e. The van der Waals surface area contributed by atoms with E-state index in [-0.39, 0.29) is 12.0 Å². The largest absolute Gasteiger partial charge is 0.542 e. The van der Waals surface area contributed by atoms with Crippen molar-refractivity contribution in [3.8, 4) is 23.0 Å². The van der Waals surface area contributed by atoms with E-state index >= 15 is 0 Å². The van der Waals surface area contributed by atoms with Crippen molar-refractivity contribution in [2.75, 3.05) is 21.3 Å². The fourth-order valence-corrected chi connectivity index (χ4v) is 5.92. The van der Waals surface area contributed by atoms with Gasteiger partial charge in [-0.25, -0.2) is 0 Å². The molecule has 0 aliphatic carbocycles. The van der Waals surface area contributed by atoms with Crippen LogP contribution in [0.3, 0.4) is 0 Å². The van der Waals surface area contributed by atoms with Crippen LogP contribution in [0.15, 0.2) is 43.0 Å². The Bertz CT molecular complexity index is 951. The number of rotatable bonds is 12. The van der Waals surface area contributed by atoms with Crippen LogP contribution in [0.2, 0.25) is 39.3 Å². The van der Waals surface area contributed by atoms with Gasteiger partial charge in [0.2, 0.25) is 8.32 Å². The molecule has 0 bridgehead atoms. The fraction of sp³-hybridized carbons (Fsp3) is 0.481. The molecule has 7 heteroatoms. The lowest BCUT2D eigenvalue weighted by molar-refractivity contribution is 0.167. The van der Waals surface area contributed by atoms with Gasteiger partial charge in [0, 0.05) is 11.5 Å². The maximum atomic E-state index is 6.80. The second-order valence-corrected chi connectivity index (χ2v) is 19.4. The van der Waals surface area contributed by atoms with E-state index in [0.29, 0.717) is 0 Å². The van der Waals surface area contributed by atoms with Gasteiger partial charge in [0.1, 0.15) is 17.2 Å². The van der Waals surface area contributed by atoms with E-state index in [1.807, 2.05) is 12.1 Å². The van der Waals surface area contributed by atoms with Crippen molar-refractivity contribution in [2.45, 2.75) is 64.6 Å². The molecule has 188 valence electrons. The molecular weight excluding hydrogens is 460 g/mol. The first kappa shape index (κ1) is 28.0. The van der Waals surface area contributed by atoms with Crippen molar-refractivity contribution >= 4 is 16.6 Å². The summed E-state index contributed by atoms with van der Waals surface area (Å²) in [6.07, 6.45) is 2.41. The van der Waals surface area contributed by atoms with E-state index in [4.69, 9.17) is 23.1 Å². The van der Waals surface area contributed by atoms with Crippen LogP contribution in [-0.2, 0) is 10.8 Å². The summed E-state index contributed by atoms with van der Waals surface area (Å²) in [6.45, 7) is 19.1. The first-order chi connectivity index (χ1) is 15.8. The second-order valence-electron chi connectivity index (χ2n) is 10.5. The zero-order valence-corrected chi connectivity index (χ0v) is 24.6. The van der Waals surface area contributed by atoms with Gasteiger partial charge in [0.15, 0.2) is 14.1 Å². The molecule has 2 atom stereocenters. The van der Waals surface area contributed by atoms with Crippen LogP contribution in [0, 0.1) is 0 Å². The third kappa shape index (κ3) is 7.39. The molecule has 0 aliphatic heterocycles. The van der Waals surface area contributed by atoms with Crippen molar-refractivity contribution in [3.63, 3.8) is 0 Å². The van der Waals surface area contributed by atoms with E-state index in [9.17, 15) is 0 Å². The molecule has 0 spiro atoms. The number of hydrogen-bond donors (Lipinski definition) is 0. The molecule has 0 saturated carbocycles. The fourth-order valence-electron chi connectivity index (χ4n) is 4.00. The lowest BCUT2D eigenvalue weighted by atomic mass is 9.88. The molecule has 0 fully saturated rings. The SMILES string of the molecule is C=CCc1cc(OC)c(C(C)C(O[Si](C)(C)C)c2ccc(OC)c(O[Si](C)(C)C)c2)c(OC)c1. The number of benzene rings is 2. The molecule has 0 saturated heterocycles. The predicted octanol–water partition coefficient (Wildman–Crippen LogP) is 7.35. The van der Waals surface area contributed by atoms with Crippen LogP contribution in [0.5, 0.6) is 23.0 Å². The molecule has 2 aromatic carbocycles. The highest BCUT2D eigenvalue weighted by atomic mass is 28.4. The van der Waals surface area contributed by atoms with E-state index in [2.05, 4.69) is 77.1 Å². The van der Waals surface area contributed by atoms with Crippen LogP contribution in [0.1, 0.15) is 35.6 Å². The van der Waals surface area contributed by atoms with Gasteiger partial charge in [-0.15, -0.1) is 6.58 Å². The lowest BCUT2D eigenvalue weighted by Gasteiger charge is -2.33. The third-order valence-electron chi connectivity index (χ3n) is 5.31. The third-order valence-corrected chi connectivity index (χ3v) is 7.10. The zero-order chi connectivity index (χ0) is 25.7. The molecule has 5 nitrogen and oxygen atoms in total. The number of methoxy groups -OCH3 is 3. The van der Waals surface area contributed by atoms with Crippen molar-refractivity contribution in [3.05, 3.63) is 59.7 Å². The van der Waals surface area contributed by atoms with E-state index in [1.54, 1.807) is 21.3 Å². The Morgan fingerprint density at radius 2 is 1.35 bits per heavy atom. The molecule has 0 heterocycles. The van der Waals surface area contributed by atoms with E-state index in [0.717, 1.165) is 46.1 Å². The number of ether oxygens (including phenoxy) is 3. The van der Waals surface area contributed by atoms with Gasteiger partial charge in [-0.2, -0.15) is 0 Å². The van der Waals surface area contributed by atoms with Gasteiger partial charge in [0.25, 0.3) is 0 Å². The molecule has 0 N–H and O–H groups in total. The van der Waals surface area contributed by atoms with Gasteiger partial charge in [-0.1, -0.05) is 19.1 Å². The van der Waals surface area contributed by atoms with Crippen LogP contribution in [-0.4, -0.2) is 38.0 Å². The Hall–Kier alpha value is -2.23. The molecule has 2 aromatic rings. The van der Waals surface area contributed by atoms with Crippen LogP contribution in [0.4, 0.5) is 0 Å². The summed E-state index contributed by atoms with van der Waals surface area (Å²) in [5, 5.41) is 0. The molecule has 2 rings (SSSR count). The quantitative estimate of drug-likeness (QED) is 0.224. The van der Waals surface area contributed by atoms with Gasteiger partial charge >= 0.3 is 0 Å². The van der Waals surface area contributed by atoms with E-state index < -0.39 is 16.6 Å². The molecule has 0 aromatic heterocycles. The van der Waals surface area contributed by atoms with Crippen molar-refractivity contribution < 1.29 is 23.1 Å². The zero-order valence-electron chi connectivity index (χ0n) is 22.6. The maximum absolute atomic E-state index is 6.80. The molecule has 0 aliphatic rings. The van der Waals surface area contributed by atoms with Crippen LogP contribution in [0.25, 0.3) is 0 Å². The summed E-state index contributed by atoms with van der Waals surface area (Å²) in [5.74, 6) is 3.03. The molecule has 0 radical (unpaired) electrons. The van der Waals surface area contributed by atoms with Crippen molar-refractivity contribution in [1.29, 1.82) is 0 Å². The van der Waals surface area contributed by atoms with Gasteiger partial charge < -0.3 is 23.1 Å². The molecule has 2 unspecified atom stereocenters. The normalized spacial score (nSPS) is 13.7. The number of allylic oxidation sites excluding steroid dienone is 1. The molecular formula is C27H42O5Si2. The molecule has 34 heavy (non-hydrogen) atoms. The standard InChI is InChI=1S/C27H42O5Si2/c1-12-13-20-16-24(29-4)26(25(17-20)30-5)19(2)27(32-34(9,10)11)21-14-15-22(28-3)23(18-21)31-33(6,7)8/h12,14-19,27H,1,13H2,2-11H3. The second kappa shape index (κ2) is 11.5. The molecule has 0 amide bonds. The van der Waals surface area contributed by atoms with E-state index in [1.165, 1.54) is 0 Å². The van der Waals surface area contributed by atoms with Gasteiger partial charge in [0.05, 0.1) is 27.4 Å². The first-order valence-electron chi connectivity index (χ1n) is 11.7. The Labute approximate surface area is 208 Å². The summed E-state index contributed by atoms with van der Waals surface area (Å²) < 4.78 is 30.5. The average molecular weight is 503 g/mol. The number of hydrogen-bond acceptors (Lipinski definition) is 5. The minimum atomic E-state index is -1.92. The topological polar surface area (TPSA) is 46.2 Å². The summed E-state index contributed by atoms with van der Waals surface area (Å²) in [7, 11) is 1.30. The smallest absolute Gasteiger partial charge is 0.242 e. The average Bonchev–Trinajstić information content (AvgIpc) is 2.74. The summed E-state index contributed by atoms with van der Waals surface area (Å²) in [4.78, 5) is 0. The minimum Gasteiger partial charge on any atom is -0.542 e. The summed E-state index contributed by atoms with van der Waals surface area (Å²) in [5.41, 5.74) is 3.13. The Morgan fingerprint density at radius 1 is 0.794 bits per heavy atom. The highest BCUT2D eigenvalue weighted by Gasteiger charge is 2.32. The minimum absolute atomic E-state index is 0.0393. The monoisotopic (exact) mass is 502 g/mol. The highest BCUT2D eigenvalue weighted by molar-refractivity contribution is 6.70. The predicted molar refractivity (Wildman–Crippen MR) is 146 cm³/mol. The van der Waals surface area contributed by atoms with Gasteiger partial charge in [-0.05, 0) is 81.1 Å². The first-order valence-corrected chi connectivity index (χ1v) is 18.6. The van der Waals surface area contributed by atoms with Gasteiger partial charge in [-0.3, -0.25) is 0 Å². The summed E-state index contributed by atoms with van der Waals surface area (Å²) >= 11 is 0. The summed E-state index contributed by atoms with van der Waals surface area (Å²) in [6, 6.07) is 10.2. The van der Waals surface area contributed by atoms with Crippen molar-refractivity contribution in [1.82, 2.24) is 0 Å².